The number of hydrogen-bond acceptors (Lipinski definition) is 11. The highest BCUT2D eigenvalue weighted by atomic mass is 16.6. The highest BCUT2D eigenvalue weighted by Crippen LogP contribution is 2.16. The zero-order chi connectivity index (χ0) is 24.7. The highest BCUT2D eigenvalue weighted by Gasteiger charge is 2.04. The number of benzene rings is 1. The van der Waals surface area contributed by atoms with Crippen LogP contribution in [0.15, 0.2) is 24.3 Å². The second-order valence-electron chi connectivity index (χ2n) is 6.61. The van der Waals surface area contributed by atoms with Crippen molar-refractivity contribution >= 4 is 11.7 Å². The summed E-state index contributed by atoms with van der Waals surface area (Å²) in [4.78, 5) is 20.7. The zero-order valence-corrected chi connectivity index (χ0v) is 19.6. The van der Waals surface area contributed by atoms with Gasteiger partial charge in [-0.05, 0) is 12.1 Å². The Morgan fingerprint density at radius 1 is 0.647 bits per heavy atom. The maximum atomic E-state index is 10.6. The summed E-state index contributed by atoms with van der Waals surface area (Å²) in [6, 6.07) is 5.89. The van der Waals surface area contributed by atoms with Crippen LogP contribution in [0.3, 0.4) is 0 Å². The quantitative estimate of drug-likeness (QED) is 0.0961. The van der Waals surface area contributed by atoms with Gasteiger partial charge in [0.2, 0.25) is 0 Å². The van der Waals surface area contributed by atoms with E-state index in [1.54, 1.807) is 12.1 Å². The van der Waals surface area contributed by atoms with Crippen LogP contribution in [0.25, 0.3) is 0 Å². The molecule has 1 rings (SSSR count). The fourth-order valence-corrected chi connectivity index (χ4v) is 2.33. The third-order valence-electron chi connectivity index (χ3n) is 3.94. The van der Waals surface area contributed by atoms with Crippen LogP contribution in [0, 0.1) is 10.1 Å². The number of nitro groups is 1. The molecule has 0 fully saturated rings. The summed E-state index contributed by atoms with van der Waals surface area (Å²) < 4.78 is 42.3. The lowest BCUT2D eigenvalue weighted by molar-refractivity contribution is -0.384. The van der Waals surface area contributed by atoms with Gasteiger partial charge in [-0.3, -0.25) is 14.9 Å². The minimum Gasteiger partial charge on any atom is -0.491 e. The largest absolute Gasteiger partial charge is 0.491 e. The van der Waals surface area contributed by atoms with Crippen LogP contribution in [-0.4, -0.2) is 103 Å². The van der Waals surface area contributed by atoms with Crippen molar-refractivity contribution in [2.75, 3.05) is 92.5 Å². The molecule has 0 saturated heterocycles. The Bertz CT molecular complexity index is 642. The van der Waals surface area contributed by atoms with Gasteiger partial charge in [-0.25, -0.2) is 0 Å². The monoisotopic (exact) mass is 489 g/mol. The van der Waals surface area contributed by atoms with E-state index in [0.717, 1.165) is 0 Å². The van der Waals surface area contributed by atoms with Gasteiger partial charge in [0.05, 0.1) is 84.2 Å². The van der Waals surface area contributed by atoms with Gasteiger partial charge in [-0.2, -0.15) is 0 Å². The van der Waals surface area contributed by atoms with Gasteiger partial charge in [0.1, 0.15) is 19.0 Å². The van der Waals surface area contributed by atoms with E-state index in [0.29, 0.717) is 91.6 Å². The molecule has 0 unspecified atom stereocenters. The predicted octanol–water partition coefficient (Wildman–Crippen LogP) is 1.64. The van der Waals surface area contributed by atoms with Gasteiger partial charge in [0.15, 0.2) is 0 Å². The summed E-state index contributed by atoms with van der Waals surface area (Å²) in [7, 11) is 0. The first-order chi connectivity index (χ1) is 16.6. The summed E-state index contributed by atoms with van der Waals surface area (Å²) >= 11 is 0. The Labute approximate surface area is 199 Å². The third-order valence-corrected chi connectivity index (χ3v) is 3.94. The van der Waals surface area contributed by atoms with E-state index in [1.807, 2.05) is 0 Å². The van der Waals surface area contributed by atoms with Crippen LogP contribution >= 0.6 is 0 Å². The molecule has 0 bridgehead atoms. The maximum Gasteiger partial charge on any atom is 0.302 e. The Balaban J connectivity index is 1.72. The molecule has 194 valence electrons. The Morgan fingerprint density at radius 2 is 1.00 bits per heavy atom. The molecule has 0 heterocycles. The van der Waals surface area contributed by atoms with Crippen molar-refractivity contribution in [3.8, 4) is 5.75 Å². The lowest BCUT2D eigenvalue weighted by Crippen LogP contribution is -2.15. The van der Waals surface area contributed by atoms with Gasteiger partial charge in [0.25, 0.3) is 5.69 Å². The number of carbonyl (C=O) groups is 1. The molecule has 1 aromatic rings. The maximum absolute atomic E-state index is 10.6. The van der Waals surface area contributed by atoms with Gasteiger partial charge in [0, 0.05) is 19.1 Å². The standard InChI is InChI=1S/C22H35NO11/c1-20(24)33-18-16-31-14-12-29-10-8-27-6-7-28-9-11-30-13-15-32-17-19-34-22-4-2-21(3-5-22)23(25)26/h2-5H,6-19H2,1H3. The SMILES string of the molecule is CC(=O)OCCOCCOCCOCCOCCOCCOCCOc1ccc([N+](=O)[O-])cc1. The summed E-state index contributed by atoms with van der Waals surface area (Å²) in [6.07, 6.45) is 0. The summed E-state index contributed by atoms with van der Waals surface area (Å²) in [5.74, 6) is 0.235. The number of nitrogens with zero attached hydrogens (tertiary/aromatic N) is 1. The van der Waals surface area contributed by atoms with Crippen molar-refractivity contribution in [3.63, 3.8) is 0 Å². The number of esters is 1. The number of rotatable bonds is 23. The Kier molecular flexibility index (Phi) is 18.5. The fourth-order valence-electron chi connectivity index (χ4n) is 2.33. The lowest BCUT2D eigenvalue weighted by Gasteiger charge is -2.09. The zero-order valence-electron chi connectivity index (χ0n) is 19.6. The molecule has 0 N–H and O–H groups in total. The number of non-ortho nitro benzene ring substituents is 1. The van der Waals surface area contributed by atoms with E-state index in [4.69, 9.17) is 37.9 Å². The van der Waals surface area contributed by atoms with E-state index in [2.05, 4.69) is 0 Å². The molecule has 0 saturated carbocycles. The predicted molar refractivity (Wildman–Crippen MR) is 120 cm³/mol. The minimum atomic E-state index is -0.456. The van der Waals surface area contributed by atoms with E-state index < -0.39 is 4.92 Å². The number of hydrogen-bond donors (Lipinski definition) is 0. The van der Waals surface area contributed by atoms with Crippen molar-refractivity contribution < 1.29 is 47.6 Å². The topological polar surface area (TPSA) is 134 Å². The van der Waals surface area contributed by atoms with Gasteiger partial charge < -0.3 is 37.9 Å². The molecule has 12 nitrogen and oxygen atoms in total. The molecule has 12 heteroatoms. The lowest BCUT2D eigenvalue weighted by atomic mass is 10.3. The summed E-state index contributed by atoms with van der Waals surface area (Å²) in [6.45, 7) is 7.27. The number of nitro benzene ring substituents is 1. The summed E-state index contributed by atoms with van der Waals surface area (Å²) in [5.41, 5.74) is 0.0241. The number of ether oxygens (including phenoxy) is 8. The van der Waals surface area contributed by atoms with Crippen molar-refractivity contribution in [1.82, 2.24) is 0 Å². The normalized spacial score (nSPS) is 10.9. The van der Waals surface area contributed by atoms with Crippen LogP contribution < -0.4 is 4.74 Å². The van der Waals surface area contributed by atoms with E-state index in [1.165, 1.54) is 19.1 Å². The molecule has 0 atom stereocenters. The van der Waals surface area contributed by atoms with Crippen molar-refractivity contribution in [2.45, 2.75) is 6.92 Å². The second-order valence-corrected chi connectivity index (χ2v) is 6.61. The van der Waals surface area contributed by atoms with Crippen molar-refractivity contribution in [3.05, 3.63) is 34.4 Å². The summed E-state index contributed by atoms with van der Waals surface area (Å²) in [5, 5.41) is 10.6. The second kappa shape index (κ2) is 21.2. The molecule has 0 aliphatic rings. The molecule has 0 aliphatic heterocycles. The smallest absolute Gasteiger partial charge is 0.302 e. The van der Waals surface area contributed by atoms with Gasteiger partial charge >= 0.3 is 5.97 Å². The van der Waals surface area contributed by atoms with Crippen LogP contribution in [0.5, 0.6) is 5.75 Å². The molecule has 1 aromatic carbocycles. The van der Waals surface area contributed by atoms with E-state index in [-0.39, 0.29) is 18.3 Å². The van der Waals surface area contributed by atoms with E-state index in [9.17, 15) is 14.9 Å². The Hall–Kier alpha value is -2.35. The fraction of sp³-hybridized carbons (Fsp3) is 0.682. The molecule has 0 spiro atoms. The molecule has 0 aliphatic carbocycles. The van der Waals surface area contributed by atoms with Crippen LogP contribution in [0.4, 0.5) is 5.69 Å². The molecule has 0 amide bonds. The molecule has 0 aromatic heterocycles. The van der Waals surface area contributed by atoms with Gasteiger partial charge in [-0.1, -0.05) is 0 Å². The number of carbonyl (C=O) groups excluding carboxylic acids is 1. The first-order valence-corrected chi connectivity index (χ1v) is 11.1. The van der Waals surface area contributed by atoms with Crippen LogP contribution in [-0.2, 0) is 38.0 Å². The van der Waals surface area contributed by atoms with Crippen molar-refractivity contribution in [1.29, 1.82) is 0 Å². The van der Waals surface area contributed by atoms with Crippen molar-refractivity contribution in [2.24, 2.45) is 0 Å². The van der Waals surface area contributed by atoms with Gasteiger partial charge in [-0.15, -0.1) is 0 Å². The average molecular weight is 490 g/mol. The molecular formula is C22H35NO11. The van der Waals surface area contributed by atoms with Crippen LogP contribution in [0.2, 0.25) is 0 Å². The highest BCUT2D eigenvalue weighted by molar-refractivity contribution is 5.65. The average Bonchev–Trinajstić information content (AvgIpc) is 2.82. The van der Waals surface area contributed by atoms with Crippen LogP contribution in [0.1, 0.15) is 6.92 Å². The molecule has 34 heavy (non-hydrogen) atoms. The first-order valence-electron chi connectivity index (χ1n) is 11.1. The van der Waals surface area contributed by atoms with E-state index >= 15 is 0 Å². The third kappa shape index (κ3) is 18.1. The first kappa shape index (κ1) is 29.7. The minimum absolute atomic E-state index is 0.0241. The molecular weight excluding hydrogens is 454 g/mol. The molecule has 0 radical (unpaired) electrons. The Morgan fingerprint density at radius 3 is 1.35 bits per heavy atom.